The van der Waals surface area contributed by atoms with Crippen molar-refractivity contribution in [1.29, 1.82) is 0 Å². The maximum atomic E-state index is 12.3. The molecule has 1 fully saturated rings. The molecule has 0 atom stereocenters. The fraction of sp³-hybridized carbons (Fsp3) is 0.381. The monoisotopic (exact) mass is 366 g/mol. The van der Waals surface area contributed by atoms with Crippen LogP contribution in [0.25, 0.3) is 0 Å². The summed E-state index contributed by atoms with van der Waals surface area (Å²) in [6.07, 6.45) is 4.36. The van der Waals surface area contributed by atoms with E-state index in [2.05, 4.69) is 21.3 Å². The highest BCUT2D eigenvalue weighted by molar-refractivity contribution is 5.80. The number of nitrogens with one attached hydrogen (secondary N) is 1. The largest absolute Gasteiger partial charge is 0.355 e. The van der Waals surface area contributed by atoms with E-state index in [-0.39, 0.29) is 11.8 Å². The van der Waals surface area contributed by atoms with Gasteiger partial charge in [0.1, 0.15) is 0 Å². The zero-order valence-corrected chi connectivity index (χ0v) is 15.5. The second kappa shape index (κ2) is 9.83. The molecule has 1 aromatic heterocycles. The lowest BCUT2D eigenvalue weighted by molar-refractivity contribution is -0.133. The van der Waals surface area contributed by atoms with Crippen molar-refractivity contribution in [3.05, 3.63) is 66.0 Å². The van der Waals surface area contributed by atoms with Crippen molar-refractivity contribution < 1.29 is 9.59 Å². The van der Waals surface area contributed by atoms with Gasteiger partial charge in [-0.1, -0.05) is 36.4 Å². The molecule has 6 nitrogen and oxygen atoms in total. The number of hydrogen-bond acceptors (Lipinski definition) is 4. The molecule has 0 saturated carbocycles. The highest BCUT2D eigenvalue weighted by Gasteiger charge is 2.20. The molecule has 1 aliphatic rings. The number of aromatic nitrogens is 1. The standard InChI is InChI=1S/C21H26N4O2/c26-20(15-18-5-2-1-3-6-18)23-10-8-21(27)25-13-11-24(12-14-25)17-19-7-4-9-22-16-19/h1-7,9,16H,8,10-15,17H2,(H,23,26). The topological polar surface area (TPSA) is 65.5 Å². The second-order valence-electron chi connectivity index (χ2n) is 6.78. The Balaban J connectivity index is 1.33. The van der Waals surface area contributed by atoms with Crippen LogP contribution < -0.4 is 5.32 Å². The lowest BCUT2D eigenvalue weighted by Crippen LogP contribution is -2.48. The molecule has 0 unspecified atom stereocenters. The van der Waals surface area contributed by atoms with Crippen LogP contribution in [0.15, 0.2) is 54.9 Å². The summed E-state index contributed by atoms with van der Waals surface area (Å²) in [5.41, 5.74) is 2.17. The summed E-state index contributed by atoms with van der Waals surface area (Å²) in [5, 5.41) is 2.84. The average Bonchev–Trinajstić information content (AvgIpc) is 2.70. The Morgan fingerprint density at radius 3 is 2.41 bits per heavy atom. The van der Waals surface area contributed by atoms with E-state index in [4.69, 9.17) is 0 Å². The van der Waals surface area contributed by atoms with Gasteiger partial charge in [-0.15, -0.1) is 0 Å². The lowest BCUT2D eigenvalue weighted by atomic mass is 10.1. The summed E-state index contributed by atoms with van der Waals surface area (Å²) < 4.78 is 0. The molecular formula is C21H26N4O2. The van der Waals surface area contributed by atoms with Gasteiger partial charge in [-0.25, -0.2) is 0 Å². The molecule has 0 radical (unpaired) electrons. The van der Waals surface area contributed by atoms with Gasteiger partial charge in [-0.2, -0.15) is 0 Å². The summed E-state index contributed by atoms with van der Waals surface area (Å²) in [6.45, 7) is 4.45. The first kappa shape index (κ1) is 19.0. The Bertz CT molecular complexity index is 728. The smallest absolute Gasteiger partial charge is 0.224 e. The first-order valence-corrected chi connectivity index (χ1v) is 9.40. The van der Waals surface area contributed by atoms with Crippen molar-refractivity contribution in [2.45, 2.75) is 19.4 Å². The predicted octanol–water partition coefficient (Wildman–Crippen LogP) is 1.47. The van der Waals surface area contributed by atoms with Crippen LogP contribution in [0.5, 0.6) is 0 Å². The number of pyridine rings is 1. The minimum Gasteiger partial charge on any atom is -0.355 e. The van der Waals surface area contributed by atoms with Gasteiger partial charge >= 0.3 is 0 Å². The fourth-order valence-corrected chi connectivity index (χ4v) is 3.22. The highest BCUT2D eigenvalue weighted by atomic mass is 16.2. The van der Waals surface area contributed by atoms with Crippen molar-refractivity contribution in [2.24, 2.45) is 0 Å². The van der Waals surface area contributed by atoms with Crippen LogP contribution in [0.1, 0.15) is 17.5 Å². The third-order valence-corrected chi connectivity index (χ3v) is 4.72. The van der Waals surface area contributed by atoms with Gasteiger partial charge in [0.2, 0.25) is 11.8 Å². The Morgan fingerprint density at radius 2 is 1.70 bits per heavy atom. The number of hydrogen-bond donors (Lipinski definition) is 1. The number of carbonyl (C=O) groups is 2. The SMILES string of the molecule is O=C(Cc1ccccc1)NCCC(=O)N1CCN(Cc2cccnc2)CC1. The average molecular weight is 366 g/mol. The van der Waals surface area contributed by atoms with Crippen molar-refractivity contribution in [1.82, 2.24) is 20.1 Å². The molecule has 2 aromatic rings. The molecule has 0 spiro atoms. The van der Waals surface area contributed by atoms with E-state index in [0.29, 0.717) is 19.4 Å². The quantitative estimate of drug-likeness (QED) is 0.806. The van der Waals surface area contributed by atoms with Crippen molar-refractivity contribution >= 4 is 11.8 Å². The number of benzene rings is 1. The van der Waals surface area contributed by atoms with Crippen LogP contribution in [-0.2, 0) is 22.6 Å². The fourth-order valence-electron chi connectivity index (χ4n) is 3.22. The first-order chi connectivity index (χ1) is 13.2. The minimum absolute atomic E-state index is 0.0460. The van der Waals surface area contributed by atoms with Gasteiger partial charge < -0.3 is 10.2 Å². The van der Waals surface area contributed by atoms with Gasteiger partial charge in [0.15, 0.2) is 0 Å². The van der Waals surface area contributed by atoms with Crippen LogP contribution >= 0.6 is 0 Å². The van der Waals surface area contributed by atoms with E-state index in [1.807, 2.05) is 47.5 Å². The third-order valence-electron chi connectivity index (χ3n) is 4.72. The normalized spacial score (nSPS) is 14.7. The zero-order chi connectivity index (χ0) is 18.9. The number of rotatable bonds is 7. The van der Waals surface area contributed by atoms with E-state index in [1.54, 1.807) is 6.20 Å². The van der Waals surface area contributed by atoms with E-state index in [0.717, 1.165) is 38.3 Å². The van der Waals surface area contributed by atoms with E-state index in [1.165, 1.54) is 5.56 Å². The molecule has 1 aliphatic heterocycles. The lowest BCUT2D eigenvalue weighted by Gasteiger charge is -2.34. The molecule has 6 heteroatoms. The van der Waals surface area contributed by atoms with Crippen LogP contribution in [0, 0.1) is 0 Å². The molecule has 0 aliphatic carbocycles. The molecule has 142 valence electrons. The number of carbonyl (C=O) groups excluding carboxylic acids is 2. The van der Waals surface area contributed by atoms with Crippen molar-refractivity contribution in [3.63, 3.8) is 0 Å². The first-order valence-electron chi connectivity index (χ1n) is 9.40. The Labute approximate surface area is 160 Å². The van der Waals surface area contributed by atoms with Gasteiger partial charge in [-0.3, -0.25) is 19.5 Å². The highest BCUT2D eigenvalue weighted by Crippen LogP contribution is 2.08. The second-order valence-corrected chi connectivity index (χ2v) is 6.78. The van der Waals surface area contributed by atoms with Crippen LogP contribution in [0.3, 0.4) is 0 Å². The van der Waals surface area contributed by atoms with Crippen LogP contribution in [0.2, 0.25) is 0 Å². The van der Waals surface area contributed by atoms with Crippen molar-refractivity contribution in [3.8, 4) is 0 Å². The van der Waals surface area contributed by atoms with E-state index >= 15 is 0 Å². The molecule has 0 bridgehead atoms. The molecular weight excluding hydrogens is 340 g/mol. The number of nitrogens with zero attached hydrogens (tertiary/aromatic N) is 3. The molecule has 1 aromatic carbocycles. The van der Waals surface area contributed by atoms with Crippen LogP contribution in [-0.4, -0.2) is 59.3 Å². The summed E-state index contributed by atoms with van der Waals surface area (Å²) in [4.78, 5) is 32.7. The summed E-state index contributed by atoms with van der Waals surface area (Å²) in [6, 6.07) is 13.6. The molecule has 1 N–H and O–H groups in total. The molecule has 2 amide bonds. The summed E-state index contributed by atoms with van der Waals surface area (Å²) in [7, 11) is 0. The zero-order valence-electron chi connectivity index (χ0n) is 15.5. The van der Waals surface area contributed by atoms with Crippen molar-refractivity contribution in [2.75, 3.05) is 32.7 Å². The van der Waals surface area contributed by atoms with Gasteiger partial charge in [0.25, 0.3) is 0 Å². The van der Waals surface area contributed by atoms with E-state index < -0.39 is 0 Å². The third kappa shape index (κ3) is 6.18. The minimum atomic E-state index is -0.0460. The Kier molecular flexibility index (Phi) is 6.93. The van der Waals surface area contributed by atoms with Crippen LogP contribution in [0.4, 0.5) is 0 Å². The molecule has 1 saturated heterocycles. The molecule has 27 heavy (non-hydrogen) atoms. The van der Waals surface area contributed by atoms with E-state index in [9.17, 15) is 9.59 Å². The van der Waals surface area contributed by atoms with Gasteiger partial charge in [-0.05, 0) is 17.2 Å². The predicted molar refractivity (Wildman–Crippen MR) is 104 cm³/mol. The Hall–Kier alpha value is -2.73. The maximum absolute atomic E-state index is 12.3. The van der Waals surface area contributed by atoms with Gasteiger partial charge in [0, 0.05) is 58.1 Å². The number of piperazine rings is 1. The molecule has 2 heterocycles. The summed E-state index contributed by atoms with van der Waals surface area (Å²) >= 11 is 0. The maximum Gasteiger partial charge on any atom is 0.224 e. The number of amides is 2. The Morgan fingerprint density at radius 1 is 0.963 bits per heavy atom. The summed E-state index contributed by atoms with van der Waals surface area (Å²) in [5.74, 6) is 0.0614. The molecule has 3 rings (SSSR count). The van der Waals surface area contributed by atoms with Gasteiger partial charge in [0.05, 0.1) is 6.42 Å².